The van der Waals surface area contributed by atoms with Gasteiger partial charge in [0.1, 0.15) is 0 Å². The van der Waals surface area contributed by atoms with Gasteiger partial charge >= 0.3 is 0 Å². The van der Waals surface area contributed by atoms with Gasteiger partial charge in [-0.25, -0.2) is 0 Å². The largest absolute Gasteiger partial charge is 0.548 e. The van der Waals surface area contributed by atoms with E-state index in [0.29, 0.717) is 0 Å². The fourth-order valence-corrected chi connectivity index (χ4v) is 3.61. The third-order valence-electron chi connectivity index (χ3n) is 4.51. The molecule has 2 aromatic carbocycles. The summed E-state index contributed by atoms with van der Waals surface area (Å²) in [7, 11) is 0. The number of nitrogens with one attached hydrogen (secondary N) is 1. The predicted octanol–water partition coefficient (Wildman–Crippen LogP) is 2.04. The second kappa shape index (κ2) is 4.10. The van der Waals surface area contributed by atoms with Gasteiger partial charge < -0.3 is 15.2 Å². The molecule has 1 aliphatic carbocycles. The highest BCUT2D eigenvalue weighted by Gasteiger charge is 2.38. The Hall–Kier alpha value is -2.29. The van der Waals surface area contributed by atoms with Crippen molar-refractivity contribution >= 4 is 22.4 Å². The minimum absolute atomic E-state index is 0.0540. The van der Waals surface area contributed by atoms with E-state index < -0.39 is 12.0 Å². The molecule has 2 aromatic rings. The van der Waals surface area contributed by atoms with Gasteiger partial charge in [-0.05, 0) is 34.7 Å². The zero-order chi connectivity index (χ0) is 13.7. The van der Waals surface area contributed by atoms with E-state index in [0.717, 1.165) is 12.1 Å². The highest BCUT2D eigenvalue weighted by Crippen LogP contribution is 2.47. The molecule has 3 heteroatoms. The normalized spacial score (nSPS) is 26.9. The zero-order valence-corrected chi connectivity index (χ0v) is 10.9. The number of carbonyl (C=O) groups is 1. The smallest absolute Gasteiger partial charge is 0.0698 e. The summed E-state index contributed by atoms with van der Waals surface area (Å²) in [6, 6.07) is 11.7. The summed E-state index contributed by atoms with van der Waals surface area (Å²) in [4.78, 5) is 11.4. The molecule has 0 unspecified atom stereocenters. The molecule has 0 fully saturated rings. The van der Waals surface area contributed by atoms with E-state index in [1.54, 1.807) is 0 Å². The van der Waals surface area contributed by atoms with Crippen molar-refractivity contribution in [1.29, 1.82) is 0 Å². The number of allylic oxidation sites excluding steroid dienone is 2. The van der Waals surface area contributed by atoms with Gasteiger partial charge in [-0.1, -0.05) is 42.5 Å². The molecular weight excluding hydrogens is 250 g/mol. The molecule has 20 heavy (non-hydrogen) atoms. The number of fused-ring (bicyclic) bond motifs is 5. The van der Waals surface area contributed by atoms with Crippen molar-refractivity contribution in [2.24, 2.45) is 5.92 Å². The van der Waals surface area contributed by atoms with Crippen LogP contribution in [0.15, 0.2) is 48.6 Å². The van der Waals surface area contributed by atoms with Gasteiger partial charge in [0.05, 0.1) is 12.0 Å². The first kappa shape index (κ1) is 11.5. The average Bonchev–Trinajstić information content (AvgIpc) is 2.94. The third kappa shape index (κ3) is 1.49. The SMILES string of the molecule is O=C([O-])[C@@H]1Nc2ccc3ccccc3c2[C@@H]2C=CC[C@@H]12. The summed E-state index contributed by atoms with van der Waals surface area (Å²) in [5.41, 5.74) is 2.14. The van der Waals surface area contributed by atoms with E-state index in [9.17, 15) is 9.90 Å². The number of benzene rings is 2. The first-order chi connectivity index (χ1) is 9.75. The minimum atomic E-state index is -1.01. The molecule has 1 aliphatic heterocycles. The van der Waals surface area contributed by atoms with Gasteiger partial charge in [-0.2, -0.15) is 0 Å². The van der Waals surface area contributed by atoms with E-state index in [4.69, 9.17) is 0 Å². The lowest BCUT2D eigenvalue weighted by Crippen LogP contribution is -2.48. The Morgan fingerprint density at radius 1 is 1.20 bits per heavy atom. The summed E-state index contributed by atoms with van der Waals surface area (Å²) in [5, 5.41) is 16.9. The average molecular weight is 264 g/mol. The maximum absolute atomic E-state index is 11.4. The van der Waals surface area contributed by atoms with Gasteiger partial charge in [0.25, 0.3) is 0 Å². The summed E-state index contributed by atoms with van der Waals surface area (Å²) in [6.45, 7) is 0. The highest BCUT2D eigenvalue weighted by molar-refractivity contribution is 5.93. The molecule has 0 spiro atoms. The molecule has 0 saturated heterocycles. The molecule has 0 aromatic heterocycles. The van der Waals surface area contributed by atoms with Crippen LogP contribution in [0.25, 0.3) is 10.8 Å². The van der Waals surface area contributed by atoms with Crippen LogP contribution >= 0.6 is 0 Å². The molecule has 3 atom stereocenters. The van der Waals surface area contributed by atoms with Gasteiger partial charge in [0, 0.05) is 11.6 Å². The summed E-state index contributed by atoms with van der Waals surface area (Å²) >= 11 is 0. The van der Waals surface area contributed by atoms with Gasteiger partial charge in [-0.3, -0.25) is 0 Å². The highest BCUT2D eigenvalue weighted by atomic mass is 16.4. The Morgan fingerprint density at radius 2 is 2.05 bits per heavy atom. The van der Waals surface area contributed by atoms with Crippen LogP contribution in [-0.2, 0) is 4.79 Å². The van der Waals surface area contributed by atoms with Crippen LogP contribution in [0, 0.1) is 5.92 Å². The standard InChI is InChI=1S/C17H15NO2/c19-17(20)16-13-7-3-6-12(13)15-11-5-2-1-4-10(11)8-9-14(15)18-16/h1-6,8-9,12-13,16,18H,7H2,(H,19,20)/p-1/t12-,13-,16-/m1/s1. The lowest BCUT2D eigenvalue weighted by Gasteiger charge is -2.38. The molecule has 1 N–H and O–H groups in total. The molecular formula is C17H14NO2-. The number of rotatable bonds is 1. The lowest BCUT2D eigenvalue weighted by atomic mass is 9.77. The van der Waals surface area contributed by atoms with E-state index >= 15 is 0 Å². The number of carboxylic acids is 1. The molecule has 0 saturated carbocycles. The maximum Gasteiger partial charge on any atom is 0.0698 e. The van der Waals surface area contributed by atoms with Crippen LogP contribution in [0.3, 0.4) is 0 Å². The summed E-state index contributed by atoms with van der Waals surface area (Å²) < 4.78 is 0. The Bertz CT molecular complexity index is 735. The Labute approximate surface area is 116 Å². The Kier molecular flexibility index (Phi) is 2.36. The lowest BCUT2D eigenvalue weighted by molar-refractivity contribution is -0.308. The minimum Gasteiger partial charge on any atom is -0.548 e. The number of carboxylic acid groups (broad SMARTS) is 1. The fraction of sp³-hybridized carbons (Fsp3) is 0.235. The predicted molar refractivity (Wildman–Crippen MR) is 76.4 cm³/mol. The zero-order valence-electron chi connectivity index (χ0n) is 10.9. The number of hydrogen-bond donors (Lipinski definition) is 1. The summed E-state index contributed by atoms with van der Waals surface area (Å²) in [6.07, 6.45) is 5.02. The van der Waals surface area contributed by atoms with Crippen LogP contribution in [0.4, 0.5) is 5.69 Å². The Balaban J connectivity index is 1.97. The van der Waals surface area contributed by atoms with E-state index in [2.05, 4.69) is 29.6 Å². The summed E-state index contributed by atoms with van der Waals surface area (Å²) in [5.74, 6) is -0.791. The fourth-order valence-electron chi connectivity index (χ4n) is 3.61. The molecule has 2 aliphatic rings. The van der Waals surface area contributed by atoms with Crippen molar-refractivity contribution in [3.8, 4) is 0 Å². The number of anilines is 1. The number of aliphatic carboxylic acids is 1. The van der Waals surface area contributed by atoms with Crippen molar-refractivity contribution in [2.75, 3.05) is 5.32 Å². The Morgan fingerprint density at radius 3 is 2.90 bits per heavy atom. The first-order valence-corrected chi connectivity index (χ1v) is 6.91. The monoisotopic (exact) mass is 264 g/mol. The van der Waals surface area contributed by atoms with E-state index in [-0.39, 0.29) is 11.8 Å². The molecule has 0 amide bonds. The van der Waals surface area contributed by atoms with E-state index in [1.807, 2.05) is 24.3 Å². The van der Waals surface area contributed by atoms with Gasteiger partial charge in [0.2, 0.25) is 0 Å². The van der Waals surface area contributed by atoms with Crippen LogP contribution in [0.1, 0.15) is 17.9 Å². The number of carbonyl (C=O) groups excluding carboxylic acids is 1. The van der Waals surface area contributed by atoms with Crippen molar-refractivity contribution < 1.29 is 9.90 Å². The van der Waals surface area contributed by atoms with Crippen molar-refractivity contribution in [1.82, 2.24) is 0 Å². The van der Waals surface area contributed by atoms with Crippen LogP contribution in [0.2, 0.25) is 0 Å². The van der Waals surface area contributed by atoms with Crippen molar-refractivity contribution in [2.45, 2.75) is 18.4 Å². The van der Waals surface area contributed by atoms with Crippen molar-refractivity contribution in [3.05, 3.63) is 54.1 Å². The third-order valence-corrected chi connectivity index (χ3v) is 4.51. The number of hydrogen-bond acceptors (Lipinski definition) is 3. The molecule has 0 radical (unpaired) electrons. The van der Waals surface area contributed by atoms with Crippen LogP contribution in [0.5, 0.6) is 0 Å². The maximum atomic E-state index is 11.4. The molecule has 3 nitrogen and oxygen atoms in total. The van der Waals surface area contributed by atoms with Gasteiger partial charge in [-0.15, -0.1) is 0 Å². The quantitative estimate of drug-likeness (QED) is 0.802. The second-order valence-electron chi connectivity index (χ2n) is 5.54. The topological polar surface area (TPSA) is 52.2 Å². The molecule has 1 heterocycles. The second-order valence-corrected chi connectivity index (χ2v) is 5.54. The van der Waals surface area contributed by atoms with Crippen molar-refractivity contribution in [3.63, 3.8) is 0 Å². The van der Waals surface area contributed by atoms with Crippen LogP contribution < -0.4 is 10.4 Å². The van der Waals surface area contributed by atoms with E-state index in [1.165, 1.54) is 16.3 Å². The first-order valence-electron chi connectivity index (χ1n) is 6.91. The molecule has 0 bridgehead atoms. The van der Waals surface area contributed by atoms with Gasteiger partial charge in [0.15, 0.2) is 0 Å². The van der Waals surface area contributed by atoms with Crippen LogP contribution in [-0.4, -0.2) is 12.0 Å². The molecule has 4 rings (SSSR count). The molecule has 100 valence electrons.